The Hall–Kier alpha value is -4.93. The van der Waals surface area contributed by atoms with Crippen LogP contribution in [0.15, 0.2) is 61.4 Å². The topological polar surface area (TPSA) is 111 Å². The fourth-order valence-electron chi connectivity index (χ4n) is 6.20. The van der Waals surface area contributed by atoms with Crippen LogP contribution < -0.4 is 10.1 Å². The van der Waals surface area contributed by atoms with E-state index in [4.69, 9.17) is 9.72 Å². The molecule has 11 heteroatoms. The Morgan fingerprint density at radius 2 is 1.86 bits per heavy atom. The second kappa shape index (κ2) is 12.0. The number of anilines is 2. The first-order chi connectivity index (χ1) is 21.3. The Kier molecular flexibility index (Phi) is 7.94. The molecule has 2 aromatic carbocycles. The molecule has 5 aromatic rings. The molecular weight excluding hydrogens is 559 g/mol. The summed E-state index contributed by atoms with van der Waals surface area (Å²) in [5.74, 6) is 1.02. The van der Waals surface area contributed by atoms with Gasteiger partial charge in [0.25, 0.3) is 0 Å². The molecule has 226 valence electrons. The van der Waals surface area contributed by atoms with Crippen molar-refractivity contribution in [2.75, 3.05) is 5.32 Å². The third-order valence-electron chi connectivity index (χ3n) is 8.59. The second-order valence-electron chi connectivity index (χ2n) is 11.2. The predicted molar refractivity (Wildman–Crippen MR) is 168 cm³/mol. The molecule has 0 spiro atoms. The van der Waals surface area contributed by atoms with Crippen LogP contribution in [0.1, 0.15) is 56.7 Å². The zero-order valence-electron chi connectivity index (χ0n) is 25.3. The normalized spacial score (nSPS) is 18.5. The average Bonchev–Trinajstić information content (AvgIpc) is 3.42. The molecular formula is C33H35FN8O2. The number of fused-ring (bicyclic) bond motifs is 2. The van der Waals surface area contributed by atoms with Gasteiger partial charge in [0.15, 0.2) is 11.6 Å². The Labute approximate surface area is 255 Å². The van der Waals surface area contributed by atoms with Gasteiger partial charge in [-0.1, -0.05) is 25.6 Å². The quantitative estimate of drug-likeness (QED) is 0.197. The van der Waals surface area contributed by atoms with Crippen molar-refractivity contribution < 1.29 is 13.9 Å². The number of aromatic nitrogens is 6. The highest BCUT2D eigenvalue weighted by molar-refractivity contribution is 5.88. The van der Waals surface area contributed by atoms with Crippen molar-refractivity contribution in [3.8, 4) is 11.5 Å². The van der Waals surface area contributed by atoms with Crippen LogP contribution in [0, 0.1) is 12.7 Å². The molecule has 2 unspecified atom stereocenters. The standard InChI is InChI=1S/C33H35FN8O2/c1-6-21-15-20(16-22(7-2)42(21)30(43)8-3)24-10-11-26-32(37-24)33(36-18-35-26)38-25-12-14-29(19(4)31(25)34)44-23-9-13-28-27(17-23)39-40-41(28)5/h8-14,17-18,20-22H,3,6-7,15-16H2,1-2,4-5H3,(H,35,36,38). The van der Waals surface area contributed by atoms with Crippen molar-refractivity contribution in [2.45, 2.75) is 64.5 Å². The van der Waals surface area contributed by atoms with Crippen LogP contribution >= 0.6 is 0 Å². The number of rotatable bonds is 8. The fourth-order valence-corrected chi connectivity index (χ4v) is 6.20. The number of halogens is 1. The minimum absolute atomic E-state index is 0.0196. The van der Waals surface area contributed by atoms with E-state index in [-0.39, 0.29) is 29.6 Å². The van der Waals surface area contributed by atoms with Gasteiger partial charge in [0.1, 0.15) is 28.9 Å². The second-order valence-corrected chi connectivity index (χ2v) is 11.2. The first kappa shape index (κ1) is 29.2. The van der Waals surface area contributed by atoms with E-state index in [0.29, 0.717) is 39.4 Å². The number of nitrogens with one attached hydrogen (secondary N) is 1. The zero-order chi connectivity index (χ0) is 31.0. The highest BCUT2D eigenvalue weighted by atomic mass is 19.1. The van der Waals surface area contributed by atoms with Gasteiger partial charge in [-0.2, -0.15) is 0 Å². The summed E-state index contributed by atoms with van der Waals surface area (Å²) in [4.78, 5) is 28.5. The number of pyridine rings is 1. The Bertz CT molecular complexity index is 1860. The minimum atomic E-state index is -0.457. The van der Waals surface area contributed by atoms with Gasteiger partial charge in [0, 0.05) is 42.4 Å². The maximum Gasteiger partial charge on any atom is 0.246 e. The smallest absolute Gasteiger partial charge is 0.246 e. The van der Waals surface area contributed by atoms with Crippen LogP contribution in [0.4, 0.5) is 15.9 Å². The predicted octanol–water partition coefficient (Wildman–Crippen LogP) is 6.74. The van der Waals surface area contributed by atoms with E-state index in [2.05, 4.69) is 46.0 Å². The highest BCUT2D eigenvalue weighted by Gasteiger charge is 2.37. The monoisotopic (exact) mass is 594 g/mol. The summed E-state index contributed by atoms with van der Waals surface area (Å²) in [6.07, 6.45) is 6.16. The van der Waals surface area contributed by atoms with Crippen LogP contribution in [0.25, 0.3) is 22.1 Å². The van der Waals surface area contributed by atoms with E-state index in [1.807, 2.05) is 30.1 Å². The first-order valence-electron chi connectivity index (χ1n) is 14.9. The molecule has 1 aliphatic heterocycles. The summed E-state index contributed by atoms with van der Waals surface area (Å²) in [7, 11) is 1.82. The number of nitrogens with zero attached hydrogens (tertiary/aromatic N) is 7. The summed E-state index contributed by atoms with van der Waals surface area (Å²) in [5, 5.41) is 11.3. The number of hydrogen-bond acceptors (Lipinski definition) is 8. The Balaban J connectivity index is 1.27. The van der Waals surface area contributed by atoms with E-state index >= 15 is 4.39 Å². The van der Waals surface area contributed by atoms with Crippen molar-refractivity contribution in [2.24, 2.45) is 7.05 Å². The number of carbonyl (C=O) groups excluding carboxylic acids is 1. The molecule has 1 N–H and O–H groups in total. The van der Waals surface area contributed by atoms with Crippen LogP contribution in [0.3, 0.4) is 0 Å². The Morgan fingerprint density at radius 1 is 1.09 bits per heavy atom. The molecule has 4 heterocycles. The number of benzene rings is 2. The third-order valence-corrected chi connectivity index (χ3v) is 8.59. The summed E-state index contributed by atoms with van der Waals surface area (Å²) in [5.41, 5.74) is 4.29. The van der Waals surface area contributed by atoms with Crippen LogP contribution in [0.5, 0.6) is 11.5 Å². The summed E-state index contributed by atoms with van der Waals surface area (Å²) in [6, 6.07) is 12.9. The number of amides is 1. The van der Waals surface area contributed by atoms with Gasteiger partial charge in [0.2, 0.25) is 5.91 Å². The summed E-state index contributed by atoms with van der Waals surface area (Å²) in [6.45, 7) is 9.60. The van der Waals surface area contributed by atoms with Gasteiger partial charge in [-0.05, 0) is 75.1 Å². The number of carbonyl (C=O) groups is 1. The number of likely N-dealkylation sites (tertiary alicyclic amines) is 1. The number of ether oxygens (including phenoxy) is 1. The van der Waals surface area contributed by atoms with E-state index in [0.717, 1.165) is 36.9 Å². The van der Waals surface area contributed by atoms with Crippen molar-refractivity contribution in [3.63, 3.8) is 0 Å². The SMILES string of the molecule is C=CC(=O)N1C(CC)CC(c2ccc3ncnc(Nc4ccc(Oc5ccc6c(c5)nnn6C)c(C)c4F)c3n2)CC1CC. The molecule has 1 amide bonds. The lowest BCUT2D eigenvalue weighted by Crippen LogP contribution is -2.50. The van der Waals surface area contributed by atoms with Crippen molar-refractivity contribution in [3.05, 3.63) is 78.5 Å². The minimum Gasteiger partial charge on any atom is -0.457 e. The van der Waals surface area contributed by atoms with Crippen LogP contribution in [-0.2, 0) is 11.8 Å². The average molecular weight is 595 g/mol. The highest BCUT2D eigenvalue weighted by Crippen LogP contribution is 2.38. The molecule has 0 aliphatic carbocycles. The maximum absolute atomic E-state index is 15.7. The van der Waals surface area contributed by atoms with E-state index in [1.54, 1.807) is 35.9 Å². The van der Waals surface area contributed by atoms with Crippen molar-refractivity contribution in [1.29, 1.82) is 0 Å². The van der Waals surface area contributed by atoms with Gasteiger partial charge in [-0.15, -0.1) is 5.10 Å². The molecule has 0 saturated carbocycles. The van der Waals surface area contributed by atoms with E-state index < -0.39 is 5.82 Å². The molecule has 10 nitrogen and oxygen atoms in total. The van der Waals surface area contributed by atoms with Crippen molar-refractivity contribution in [1.82, 2.24) is 34.8 Å². The lowest BCUT2D eigenvalue weighted by Gasteiger charge is -2.44. The third kappa shape index (κ3) is 5.34. The lowest BCUT2D eigenvalue weighted by molar-refractivity contribution is -0.133. The molecule has 2 atom stereocenters. The van der Waals surface area contributed by atoms with Crippen molar-refractivity contribution >= 4 is 39.5 Å². The lowest BCUT2D eigenvalue weighted by atomic mass is 9.81. The van der Waals surface area contributed by atoms with Gasteiger partial charge >= 0.3 is 0 Å². The van der Waals surface area contributed by atoms with E-state index in [9.17, 15) is 4.79 Å². The molecule has 3 aromatic heterocycles. The van der Waals surface area contributed by atoms with Gasteiger partial charge < -0.3 is 15.0 Å². The number of piperidine rings is 1. The van der Waals surface area contributed by atoms with Gasteiger partial charge in [-0.3, -0.25) is 4.79 Å². The van der Waals surface area contributed by atoms with Crippen LogP contribution in [0.2, 0.25) is 0 Å². The summed E-state index contributed by atoms with van der Waals surface area (Å²) >= 11 is 0. The van der Waals surface area contributed by atoms with Gasteiger partial charge in [-0.25, -0.2) is 24.0 Å². The maximum atomic E-state index is 15.7. The molecule has 6 rings (SSSR count). The van der Waals surface area contributed by atoms with Crippen LogP contribution in [-0.4, -0.2) is 52.8 Å². The largest absolute Gasteiger partial charge is 0.457 e. The molecule has 44 heavy (non-hydrogen) atoms. The zero-order valence-corrected chi connectivity index (χ0v) is 25.3. The molecule has 1 saturated heterocycles. The number of hydrogen-bond donors (Lipinski definition) is 1. The molecule has 1 aliphatic rings. The fraction of sp³-hybridized carbons (Fsp3) is 0.333. The van der Waals surface area contributed by atoms with Gasteiger partial charge in [0.05, 0.1) is 16.7 Å². The number of aryl methyl sites for hydroxylation is 1. The molecule has 0 bridgehead atoms. The first-order valence-corrected chi connectivity index (χ1v) is 14.9. The Morgan fingerprint density at radius 3 is 2.59 bits per heavy atom. The van der Waals surface area contributed by atoms with E-state index in [1.165, 1.54) is 12.4 Å². The molecule has 0 radical (unpaired) electrons. The molecule has 1 fully saturated rings. The summed E-state index contributed by atoms with van der Waals surface area (Å²) < 4.78 is 23.4.